The molecule has 2 heterocycles. The number of rotatable bonds is 5. The fourth-order valence-corrected chi connectivity index (χ4v) is 5.77. The summed E-state index contributed by atoms with van der Waals surface area (Å²) < 4.78 is 13.5. The number of thioether (sulfide) groups is 1. The van der Waals surface area contributed by atoms with Crippen molar-refractivity contribution in [2.75, 3.05) is 5.32 Å². The van der Waals surface area contributed by atoms with Gasteiger partial charge in [-0.3, -0.25) is 9.59 Å². The van der Waals surface area contributed by atoms with Crippen LogP contribution in [0.25, 0.3) is 0 Å². The van der Waals surface area contributed by atoms with Crippen LogP contribution in [-0.2, 0) is 9.59 Å². The summed E-state index contributed by atoms with van der Waals surface area (Å²) in [5, 5.41) is 9.75. The third kappa shape index (κ3) is 5.76. The highest BCUT2D eigenvalue weighted by Gasteiger charge is 2.39. The van der Waals surface area contributed by atoms with E-state index < -0.39 is 5.25 Å². The van der Waals surface area contributed by atoms with E-state index in [1.807, 2.05) is 50.2 Å². The van der Waals surface area contributed by atoms with Crippen LogP contribution in [0.1, 0.15) is 41.1 Å². The van der Waals surface area contributed by atoms with E-state index in [2.05, 4.69) is 10.3 Å². The predicted octanol–water partition coefficient (Wildman–Crippen LogP) is 6.27. The van der Waals surface area contributed by atoms with Crippen LogP contribution in [0.3, 0.4) is 0 Å². The van der Waals surface area contributed by atoms with E-state index in [0.717, 1.165) is 28.0 Å². The maximum atomic E-state index is 13.5. The number of amides is 2. The van der Waals surface area contributed by atoms with Gasteiger partial charge in [-0.05, 0) is 72.5 Å². The van der Waals surface area contributed by atoms with Gasteiger partial charge in [0.05, 0.1) is 11.8 Å². The van der Waals surface area contributed by atoms with Crippen LogP contribution in [0, 0.1) is 19.7 Å². The van der Waals surface area contributed by atoms with E-state index in [0.29, 0.717) is 22.3 Å². The number of carbonyl (C=O) groups excluding carboxylic acids is 2. The Kier molecular flexibility index (Phi) is 7.13. The van der Waals surface area contributed by atoms with Gasteiger partial charge in [0.25, 0.3) is 5.91 Å². The summed E-state index contributed by atoms with van der Waals surface area (Å²) in [6, 6.07) is 19.2. The van der Waals surface area contributed by atoms with Crippen molar-refractivity contribution in [1.29, 1.82) is 0 Å². The molecular weight excluding hydrogens is 511 g/mol. The number of aliphatic imine (C=N–C) groups is 1. The lowest BCUT2D eigenvalue weighted by atomic mass is 9.98. The van der Waals surface area contributed by atoms with E-state index in [9.17, 15) is 14.0 Å². The van der Waals surface area contributed by atoms with Gasteiger partial charge in [0.15, 0.2) is 5.17 Å². The van der Waals surface area contributed by atoms with Gasteiger partial charge < -0.3 is 5.32 Å². The SMILES string of the molecule is Cc1cc(C)cc(NC(=O)C[C@@H]2SC(N3N=C(c4ccc(F)cc4)C[C@@H]3c3cccc(Cl)c3)=NC2=O)c1. The Balaban J connectivity index is 1.35. The number of aryl methyl sites for hydroxylation is 2. The molecule has 0 saturated carbocycles. The first-order valence-corrected chi connectivity index (χ1v) is 13.1. The van der Waals surface area contributed by atoms with Crippen LogP contribution in [-0.4, -0.2) is 33.0 Å². The average Bonchev–Trinajstić information content (AvgIpc) is 3.43. The zero-order chi connectivity index (χ0) is 26.1. The van der Waals surface area contributed by atoms with Gasteiger partial charge in [-0.25, -0.2) is 9.40 Å². The first-order chi connectivity index (χ1) is 17.7. The molecule has 2 aliphatic heterocycles. The van der Waals surface area contributed by atoms with Crippen molar-refractivity contribution in [3.63, 3.8) is 0 Å². The minimum atomic E-state index is -0.647. The maximum Gasteiger partial charge on any atom is 0.262 e. The van der Waals surface area contributed by atoms with E-state index in [1.54, 1.807) is 23.2 Å². The largest absolute Gasteiger partial charge is 0.326 e. The third-order valence-electron chi connectivity index (χ3n) is 6.12. The van der Waals surface area contributed by atoms with Gasteiger partial charge in [-0.15, -0.1) is 0 Å². The number of nitrogens with one attached hydrogen (secondary N) is 1. The molecule has 0 bridgehead atoms. The Bertz CT molecular complexity index is 1420. The van der Waals surface area contributed by atoms with Crippen LogP contribution in [0.4, 0.5) is 10.1 Å². The van der Waals surface area contributed by atoms with Gasteiger partial charge in [-0.1, -0.05) is 53.7 Å². The number of anilines is 1. The number of amidine groups is 1. The van der Waals surface area contributed by atoms with E-state index in [4.69, 9.17) is 16.7 Å². The summed E-state index contributed by atoms with van der Waals surface area (Å²) in [7, 11) is 0. The summed E-state index contributed by atoms with van der Waals surface area (Å²) >= 11 is 7.49. The molecule has 188 valence electrons. The molecule has 0 radical (unpaired) electrons. The van der Waals surface area contributed by atoms with Crippen molar-refractivity contribution in [2.24, 2.45) is 10.1 Å². The highest BCUT2D eigenvalue weighted by molar-refractivity contribution is 8.15. The summed E-state index contributed by atoms with van der Waals surface area (Å²) in [6.07, 6.45) is 0.519. The predicted molar refractivity (Wildman–Crippen MR) is 147 cm³/mol. The zero-order valence-electron chi connectivity index (χ0n) is 20.2. The summed E-state index contributed by atoms with van der Waals surface area (Å²) in [5.74, 6) is -0.949. The monoisotopic (exact) mass is 534 g/mol. The lowest BCUT2D eigenvalue weighted by Crippen LogP contribution is -2.25. The topological polar surface area (TPSA) is 74.1 Å². The molecule has 5 rings (SSSR count). The smallest absolute Gasteiger partial charge is 0.262 e. The summed E-state index contributed by atoms with van der Waals surface area (Å²) in [6.45, 7) is 3.93. The summed E-state index contributed by atoms with van der Waals surface area (Å²) in [5.41, 5.74) is 5.24. The minimum Gasteiger partial charge on any atom is -0.326 e. The Labute approximate surface area is 223 Å². The molecule has 3 aromatic carbocycles. The van der Waals surface area contributed by atoms with Crippen molar-refractivity contribution in [2.45, 2.75) is 38.0 Å². The van der Waals surface area contributed by atoms with E-state index in [-0.39, 0.29) is 30.1 Å². The highest BCUT2D eigenvalue weighted by atomic mass is 35.5. The Morgan fingerprint density at radius 2 is 1.84 bits per heavy atom. The molecule has 0 aromatic heterocycles. The van der Waals surface area contributed by atoms with Crippen molar-refractivity contribution in [3.05, 3.63) is 99.8 Å². The normalized spacial score (nSPS) is 19.1. The van der Waals surface area contributed by atoms with Crippen LogP contribution >= 0.6 is 23.4 Å². The third-order valence-corrected chi connectivity index (χ3v) is 7.50. The molecule has 0 fully saturated rings. The molecule has 37 heavy (non-hydrogen) atoms. The van der Waals surface area contributed by atoms with Gasteiger partial charge in [0.2, 0.25) is 5.91 Å². The van der Waals surface area contributed by atoms with Crippen molar-refractivity contribution in [1.82, 2.24) is 5.01 Å². The lowest BCUT2D eigenvalue weighted by Gasteiger charge is -2.23. The van der Waals surface area contributed by atoms with Gasteiger partial charge in [0, 0.05) is 23.6 Å². The zero-order valence-corrected chi connectivity index (χ0v) is 21.8. The second-order valence-electron chi connectivity index (χ2n) is 9.14. The molecule has 3 aromatic rings. The number of halogens is 2. The Morgan fingerprint density at radius 1 is 1.11 bits per heavy atom. The van der Waals surface area contributed by atoms with Crippen LogP contribution < -0.4 is 5.32 Å². The molecule has 0 unspecified atom stereocenters. The quantitative estimate of drug-likeness (QED) is 0.418. The van der Waals surface area contributed by atoms with Crippen molar-refractivity contribution >= 4 is 51.7 Å². The molecule has 0 saturated heterocycles. The maximum absolute atomic E-state index is 13.5. The first kappa shape index (κ1) is 25.2. The average molecular weight is 535 g/mol. The number of carbonyl (C=O) groups is 2. The molecule has 6 nitrogen and oxygen atoms in total. The number of nitrogens with zero attached hydrogens (tertiary/aromatic N) is 3. The lowest BCUT2D eigenvalue weighted by molar-refractivity contribution is -0.121. The molecule has 2 aliphatic rings. The van der Waals surface area contributed by atoms with Crippen LogP contribution in [0.5, 0.6) is 0 Å². The Morgan fingerprint density at radius 3 is 2.54 bits per heavy atom. The molecule has 0 spiro atoms. The van der Waals surface area contributed by atoms with Crippen molar-refractivity contribution < 1.29 is 14.0 Å². The standard InChI is InChI=1S/C28H24ClFN4O2S/c1-16-10-17(2)12-22(11-16)31-26(35)15-25-27(36)32-28(37-25)34-24(19-4-3-5-20(29)13-19)14-23(33-34)18-6-8-21(30)9-7-18/h3-13,24-25H,14-15H2,1-2H3,(H,31,35)/t24-,25+/m1/s1. The second kappa shape index (κ2) is 10.5. The van der Waals surface area contributed by atoms with E-state index in [1.165, 1.54) is 23.9 Å². The second-order valence-corrected chi connectivity index (χ2v) is 10.7. The minimum absolute atomic E-state index is 0.00626. The number of benzene rings is 3. The molecule has 2 amide bonds. The fourth-order valence-electron chi connectivity index (χ4n) is 4.51. The fraction of sp³-hybridized carbons (Fsp3) is 0.214. The van der Waals surface area contributed by atoms with Gasteiger partial charge in [0.1, 0.15) is 11.1 Å². The van der Waals surface area contributed by atoms with Gasteiger partial charge >= 0.3 is 0 Å². The number of hydrogen-bond donors (Lipinski definition) is 1. The Hall–Kier alpha value is -3.49. The first-order valence-electron chi connectivity index (χ1n) is 11.8. The van der Waals surface area contributed by atoms with E-state index >= 15 is 0 Å². The molecular formula is C28H24ClFN4O2S. The molecule has 0 aliphatic carbocycles. The number of hydrazone groups is 1. The van der Waals surface area contributed by atoms with Crippen LogP contribution in [0.15, 0.2) is 76.8 Å². The molecule has 2 atom stereocenters. The molecule has 1 N–H and O–H groups in total. The molecule has 9 heteroatoms. The van der Waals surface area contributed by atoms with Crippen LogP contribution in [0.2, 0.25) is 5.02 Å². The highest BCUT2D eigenvalue weighted by Crippen LogP contribution is 2.39. The van der Waals surface area contributed by atoms with Crippen molar-refractivity contribution in [3.8, 4) is 0 Å². The summed E-state index contributed by atoms with van der Waals surface area (Å²) in [4.78, 5) is 29.8. The van der Waals surface area contributed by atoms with Gasteiger partial charge in [-0.2, -0.15) is 10.1 Å². The number of hydrogen-bond acceptors (Lipinski definition) is 5.